The van der Waals surface area contributed by atoms with Gasteiger partial charge in [0.25, 0.3) is 5.91 Å². The van der Waals surface area contributed by atoms with Crippen molar-refractivity contribution in [2.24, 2.45) is 12.5 Å². The molecule has 3 heterocycles. The Morgan fingerprint density at radius 1 is 1.12 bits per heavy atom. The summed E-state index contributed by atoms with van der Waals surface area (Å²) in [5.41, 5.74) is 2.81. The number of aryl methyl sites for hydroxylation is 2. The molecule has 0 N–H and O–H groups in total. The molecular formula is C27H36N4O2. The minimum Gasteiger partial charge on any atom is -0.334 e. The topological polar surface area (TPSA) is 58.4 Å². The van der Waals surface area contributed by atoms with Crippen LogP contribution in [0.15, 0.2) is 36.4 Å². The van der Waals surface area contributed by atoms with Crippen LogP contribution < -0.4 is 0 Å². The van der Waals surface area contributed by atoms with E-state index >= 15 is 0 Å². The first-order valence-electron chi connectivity index (χ1n) is 12.5. The van der Waals surface area contributed by atoms with Crippen LogP contribution in [-0.2, 0) is 24.7 Å². The summed E-state index contributed by atoms with van der Waals surface area (Å²) in [6.45, 7) is 6.16. The minimum atomic E-state index is -0.0533. The van der Waals surface area contributed by atoms with Crippen LogP contribution in [-0.4, -0.2) is 55.6 Å². The number of carbonyl (C=O) groups excluding carboxylic acids is 2. The number of carbonyl (C=O) groups is 2. The number of amides is 2. The lowest BCUT2D eigenvalue weighted by molar-refractivity contribution is -0.142. The first-order chi connectivity index (χ1) is 15.8. The molecule has 1 aromatic carbocycles. The summed E-state index contributed by atoms with van der Waals surface area (Å²) in [6.07, 6.45) is 6.72. The summed E-state index contributed by atoms with van der Waals surface area (Å²) < 4.78 is 1.76. The highest BCUT2D eigenvalue weighted by Crippen LogP contribution is 2.56. The van der Waals surface area contributed by atoms with Gasteiger partial charge in [0.15, 0.2) is 0 Å². The van der Waals surface area contributed by atoms with E-state index in [1.54, 1.807) is 11.6 Å². The van der Waals surface area contributed by atoms with Crippen molar-refractivity contribution >= 4 is 11.8 Å². The number of benzene rings is 1. The van der Waals surface area contributed by atoms with E-state index in [0.717, 1.165) is 50.6 Å². The van der Waals surface area contributed by atoms with Crippen LogP contribution in [0.25, 0.3) is 0 Å². The van der Waals surface area contributed by atoms with Crippen LogP contribution >= 0.6 is 0 Å². The Hall–Kier alpha value is -2.63. The van der Waals surface area contributed by atoms with Gasteiger partial charge in [0, 0.05) is 31.5 Å². The zero-order chi connectivity index (χ0) is 23.3. The van der Waals surface area contributed by atoms with Crippen molar-refractivity contribution in [1.29, 1.82) is 0 Å². The molecule has 2 aliphatic heterocycles. The Bertz CT molecular complexity index is 1050. The molecule has 1 aliphatic carbocycles. The van der Waals surface area contributed by atoms with Crippen molar-refractivity contribution in [2.45, 2.75) is 89.9 Å². The average Bonchev–Trinajstić information content (AvgIpc) is 3.30. The van der Waals surface area contributed by atoms with E-state index in [9.17, 15) is 9.59 Å². The molecule has 6 heteroatoms. The fourth-order valence-electron chi connectivity index (χ4n) is 7.16. The highest BCUT2D eigenvalue weighted by Gasteiger charge is 2.64. The number of rotatable bonds is 5. The van der Waals surface area contributed by atoms with Crippen LogP contribution in [0.2, 0.25) is 0 Å². The summed E-state index contributed by atoms with van der Waals surface area (Å²) in [5, 5.41) is 4.61. The zero-order valence-electron chi connectivity index (χ0n) is 20.3. The van der Waals surface area contributed by atoms with Gasteiger partial charge < -0.3 is 9.80 Å². The normalized spacial score (nSPS) is 30.5. The van der Waals surface area contributed by atoms with Crippen LogP contribution in [0, 0.1) is 5.41 Å². The standard InChI is InChI=1S/C27H36N4O2/c1-5-10-20-16-22(29(4)28-20)26(33)31-23-17-27(3)24(13-9-14-25(27)31)30(18(2)32)21(23)15-19-11-7-6-8-12-19/h6-8,11-12,16,21,23-25H,5,9-10,13-15,17H2,1-4H3/t21-,23+,24-,25+,27-/m1/s1. The molecule has 3 fully saturated rings. The van der Waals surface area contributed by atoms with E-state index in [4.69, 9.17) is 0 Å². The third-order valence-electron chi connectivity index (χ3n) is 8.50. The average molecular weight is 449 g/mol. The molecule has 2 bridgehead atoms. The lowest BCUT2D eigenvalue weighted by Crippen LogP contribution is -2.62. The molecule has 176 valence electrons. The molecule has 33 heavy (non-hydrogen) atoms. The Kier molecular flexibility index (Phi) is 5.58. The predicted molar refractivity (Wildman–Crippen MR) is 128 cm³/mol. The molecular weight excluding hydrogens is 412 g/mol. The van der Waals surface area contributed by atoms with Gasteiger partial charge in [-0.25, -0.2) is 0 Å². The van der Waals surface area contributed by atoms with Crippen molar-refractivity contribution in [3.05, 3.63) is 53.3 Å². The Labute approximate surface area is 196 Å². The van der Waals surface area contributed by atoms with Crippen molar-refractivity contribution in [2.75, 3.05) is 0 Å². The van der Waals surface area contributed by atoms with E-state index in [0.29, 0.717) is 5.69 Å². The predicted octanol–water partition coefficient (Wildman–Crippen LogP) is 3.99. The first kappa shape index (κ1) is 22.2. The zero-order valence-corrected chi connectivity index (χ0v) is 20.3. The van der Waals surface area contributed by atoms with Gasteiger partial charge in [0.2, 0.25) is 5.91 Å². The largest absolute Gasteiger partial charge is 0.334 e. The second-order valence-corrected chi connectivity index (χ2v) is 10.5. The highest BCUT2D eigenvalue weighted by atomic mass is 16.2. The summed E-state index contributed by atoms with van der Waals surface area (Å²) in [5.74, 6) is 0.216. The van der Waals surface area contributed by atoms with Gasteiger partial charge in [-0.15, -0.1) is 0 Å². The molecule has 0 radical (unpaired) electrons. The van der Waals surface area contributed by atoms with Crippen molar-refractivity contribution in [3.8, 4) is 0 Å². The lowest BCUT2D eigenvalue weighted by Gasteiger charge is -2.52. The number of piperidine rings is 1. The third kappa shape index (κ3) is 3.49. The smallest absolute Gasteiger partial charge is 0.272 e. The highest BCUT2D eigenvalue weighted by molar-refractivity contribution is 5.94. The van der Waals surface area contributed by atoms with E-state index in [-0.39, 0.29) is 41.4 Å². The molecule has 1 saturated carbocycles. The number of hydrogen-bond acceptors (Lipinski definition) is 3. The van der Waals surface area contributed by atoms with Gasteiger partial charge in [-0.3, -0.25) is 14.3 Å². The SMILES string of the molecule is CCCc1cc(C(=O)N2[C@H]3CCC[C@H]4N(C(C)=O)[C@H](Cc5ccccc5)[C@@H]2C[C@@]34C)n(C)n1. The molecule has 2 amide bonds. The number of fused-ring (bicyclic) bond motifs is 1. The summed E-state index contributed by atoms with van der Waals surface area (Å²) >= 11 is 0. The van der Waals surface area contributed by atoms with Gasteiger partial charge in [-0.2, -0.15) is 5.10 Å². The van der Waals surface area contributed by atoms with E-state index in [1.807, 2.05) is 19.2 Å². The van der Waals surface area contributed by atoms with Crippen molar-refractivity contribution < 1.29 is 9.59 Å². The lowest BCUT2D eigenvalue weighted by atomic mass is 9.64. The van der Waals surface area contributed by atoms with Crippen LogP contribution in [0.5, 0.6) is 0 Å². The quantitative estimate of drug-likeness (QED) is 0.695. The number of likely N-dealkylation sites (tertiary alicyclic amines) is 2. The maximum atomic E-state index is 14.1. The molecule has 0 spiro atoms. The second-order valence-electron chi connectivity index (χ2n) is 10.5. The number of nitrogens with zero attached hydrogens (tertiary/aromatic N) is 4. The molecule has 5 rings (SSSR count). The monoisotopic (exact) mass is 448 g/mol. The van der Waals surface area contributed by atoms with Crippen molar-refractivity contribution in [1.82, 2.24) is 19.6 Å². The van der Waals surface area contributed by atoms with E-state index < -0.39 is 0 Å². The maximum absolute atomic E-state index is 14.1. The number of hydrogen-bond donors (Lipinski definition) is 0. The Balaban J connectivity index is 1.57. The van der Waals surface area contributed by atoms with Crippen LogP contribution in [0.4, 0.5) is 0 Å². The Morgan fingerprint density at radius 3 is 2.48 bits per heavy atom. The van der Waals surface area contributed by atoms with Crippen molar-refractivity contribution in [3.63, 3.8) is 0 Å². The number of aromatic nitrogens is 2. The molecule has 5 atom stereocenters. The van der Waals surface area contributed by atoms with Gasteiger partial charge in [-0.1, -0.05) is 50.6 Å². The molecule has 1 aromatic heterocycles. The molecule has 2 aromatic rings. The molecule has 3 aliphatic rings. The van der Waals surface area contributed by atoms with Gasteiger partial charge in [0.1, 0.15) is 5.69 Å². The summed E-state index contributed by atoms with van der Waals surface area (Å²) in [7, 11) is 1.88. The Morgan fingerprint density at radius 2 is 1.82 bits per heavy atom. The second kappa shape index (κ2) is 8.30. The van der Waals surface area contributed by atoms with E-state index in [2.05, 4.69) is 53.0 Å². The molecule has 0 unspecified atom stereocenters. The maximum Gasteiger partial charge on any atom is 0.272 e. The minimum absolute atomic E-state index is 0.00151. The fraction of sp³-hybridized carbons (Fsp3) is 0.593. The first-order valence-corrected chi connectivity index (χ1v) is 12.5. The van der Waals surface area contributed by atoms with Gasteiger partial charge >= 0.3 is 0 Å². The molecule has 6 nitrogen and oxygen atoms in total. The van der Waals surface area contributed by atoms with Crippen LogP contribution in [0.3, 0.4) is 0 Å². The summed E-state index contributed by atoms with van der Waals surface area (Å²) in [4.78, 5) is 31.5. The third-order valence-corrected chi connectivity index (χ3v) is 8.50. The fourth-order valence-corrected chi connectivity index (χ4v) is 7.16. The summed E-state index contributed by atoms with van der Waals surface area (Å²) in [6, 6.07) is 12.8. The molecule has 2 saturated heterocycles. The van der Waals surface area contributed by atoms with Gasteiger partial charge in [-0.05, 0) is 50.2 Å². The van der Waals surface area contributed by atoms with E-state index in [1.165, 1.54) is 5.56 Å². The van der Waals surface area contributed by atoms with Crippen LogP contribution in [0.1, 0.15) is 74.6 Å². The van der Waals surface area contributed by atoms with Gasteiger partial charge in [0.05, 0.1) is 17.8 Å².